The monoisotopic (exact) mass is 329 g/mol. The molecule has 2 N–H and O–H groups in total. The number of carbonyl (C=O) groups is 3. The molecule has 0 aromatic heterocycles. The smallest absolute Gasteiger partial charge is 0.325 e. The number of anilines is 1. The van der Waals surface area contributed by atoms with E-state index in [4.69, 9.17) is 0 Å². The molecule has 2 fully saturated rings. The van der Waals surface area contributed by atoms with Crippen molar-refractivity contribution in [3.8, 4) is 0 Å². The van der Waals surface area contributed by atoms with Gasteiger partial charge in [0, 0.05) is 5.69 Å². The Morgan fingerprint density at radius 3 is 2.67 bits per heavy atom. The van der Waals surface area contributed by atoms with Crippen LogP contribution in [-0.4, -0.2) is 34.8 Å². The van der Waals surface area contributed by atoms with E-state index in [9.17, 15) is 14.4 Å². The lowest BCUT2D eigenvalue weighted by molar-refractivity contribution is -0.136. The van der Waals surface area contributed by atoms with E-state index in [1.807, 2.05) is 26.0 Å². The van der Waals surface area contributed by atoms with Gasteiger partial charge in [-0.2, -0.15) is 0 Å². The van der Waals surface area contributed by atoms with Gasteiger partial charge in [-0.15, -0.1) is 0 Å². The maximum atomic E-state index is 12.8. The van der Waals surface area contributed by atoms with Crippen molar-refractivity contribution >= 4 is 23.5 Å². The van der Waals surface area contributed by atoms with Crippen molar-refractivity contribution in [3.05, 3.63) is 29.8 Å². The van der Waals surface area contributed by atoms with Crippen molar-refractivity contribution in [3.63, 3.8) is 0 Å². The molecular formula is C18H23N3O3. The van der Waals surface area contributed by atoms with E-state index in [2.05, 4.69) is 10.6 Å². The van der Waals surface area contributed by atoms with Crippen molar-refractivity contribution < 1.29 is 14.4 Å². The van der Waals surface area contributed by atoms with Crippen LogP contribution >= 0.6 is 0 Å². The number of aryl methyl sites for hydroxylation is 1. The fourth-order valence-electron chi connectivity index (χ4n) is 3.62. The van der Waals surface area contributed by atoms with Gasteiger partial charge < -0.3 is 10.6 Å². The standard InChI is InChI=1S/C18H23N3O3/c1-12-6-8-14(9-7-12)19-15(22)11-21-16(23)18(20-17(21)24)10-4-3-5-13(18)2/h6-9,13H,3-5,10-11H2,1-2H3,(H,19,22)(H,20,24)/t13-,18+/m0/s1. The fraction of sp³-hybridized carbons (Fsp3) is 0.500. The molecule has 2 aliphatic rings. The number of benzene rings is 1. The van der Waals surface area contributed by atoms with Gasteiger partial charge in [0.2, 0.25) is 5.91 Å². The molecule has 1 aliphatic heterocycles. The first-order valence-electron chi connectivity index (χ1n) is 8.43. The molecule has 24 heavy (non-hydrogen) atoms. The van der Waals surface area contributed by atoms with Crippen molar-refractivity contribution in [2.75, 3.05) is 11.9 Å². The van der Waals surface area contributed by atoms with E-state index in [0.29, 0.717) is 12.1 Å². The SMILES string of the molecule is Cc1ccc(NC(=O)CN2C(=O)N[C@@]3(CCCC[C@@H]3C)C2=O)cc1. The van der Waals surface area contributed by atoms with E-state index < -0.39 is 11.6 Å². The molecule has 128 valence electrons. The summed E-state index contributed by atoms with van der Waals surface area (Å²) in [5, 5.41) is 5.58. The molecule has 0 bridgehead atoms. The van der Waals surface area contributed by atoms with Crippen molar-refractivity contribution in [1.29, 1.82) is 0 Å². The molecule has 3 rings (SSSR count). The third-order valence-corrected chi connectivity index (χ3v) is 5.14. The molecule has 0 unspecified atom stereocenters. The Labute approximate surface area is 141 Å². The lowest BCUT2D eigenvalue weighted by Gasteiger charge is -2.36. The summed E-state index contributed by atoms with van der Waals surface area (Å²) in [5.74, 6) is -0.547. The Bertz CT molecular complexity index is 671. The van der Waals surface area contributed by atoms with Crippen LogP contribution in [0, 0.1) is 12.8 Å². The van der Waals surface area contributed by atoms with Crippen LogP contribution in [0.2, 0.25) is 0 Å². The van der Waals surface area contributed by atoms with Crippen molar-refractivity contribution in [2.24, 2.45) is 5.92 Å². The van der Waals surface area contributed by atoms with Gasteiger partial charge >= 0.3 is 6.03 Å². The Balaban J connectivity index is 1.68. The van der Waals surface area contributed by atoms with Gasteiger partial charge in [0.15, 0.2) is 0 Å². The van der Waals surface area contributed by atoms with Crippen molar-refractivity contribution in [2.45, 2.75) is 45.1 Å². The first kappa shape index (κ1) is 16.5. The number of carbonyl (C=O) groups excluding carboxylic acids is 3. The molecule has 6 nitrogen and oxygen atoms in total. The van der Waals surface area contributed by atoms with Gasteiger partial charge in [0.25, 0.3) is 5.91 Å². The highest BCUT2D eigenvalue weighted by atomic mass is 16.2. The summed E-state index contributed by atoms with van der Waals surface area (Å²) in [6.07, 6.45) is 3.55. The summed E-state index contributed by atoms with van der Waals surface area (Å²) in [7, 11) is 0. The summed E-state index contributed by atoms with van der Waals surface area (Å²) >= 11 is 0. The summed E-state index contributed by atoms with van der Waals surface area (Å²) in [4.78, 5) is 38.3. The van der Waals surface area contributed by atoms with E-state index in [0.717, 1.165) is 29.7 Å². The lowest BCUT2D eigenvalue weighted by atomic mass is 9.73. The van der Waals surface area contributed by atoms with Crippen LogP contribution in [0.5, 0.6) is 0 Å². The maximum absolute atomic E-state index is 12.8. The number of hydrogen-bond acceptors (Lipinski definition) is 3. The molecule has 1 aliphatic carbocycles. The number of amides is 4. The molecule has 6 heteroatoms. The van der Waals surface area contributed by atoms with E-state index >= 15 is 0 Å². The summed E-state index contributed by atoms with van der Waals surface area (Å²) in [6, 6.07) is 6.91. The Hall–Kier alpha value is -2.37. The highest BCUT2D eigenvalue weighted by molar-refractivity contribution is 6.10. The zero-order valence-electron chi connectivity index (χ0n) is 14.1. The molecule has 1 saturated heterocycles. The molecule has 4 amide bonds. The quantitative estimate of drug-likeness (QED) is 0.836. The average molecular weight is 329 g/mol. The van der Waals surface area contributed by atoms with Gasteiger partial charge in [-0.25, -0.2) is 4.79 Å². The third-order valence-electron chi connectivity index (χ3n) is 5.14. The minimum atomic E-state index is -0.820. The summed E-state index contributed by atoms with van der Waals surface area (Å²) in [5.41, 5.74) is 0.924. The molecule has 1 spiro atoms. The van der Waals surface area contributed by atoms with Crippen LogP contribution in [0.3, 0.4) is 0 Å². The zero-order chi connectivity index (χ0) is 17.3. The van der Waals surface area contributed by atoms with Crippen LogP contribution in [-0.2, 0) is 9.59 Å². The molecular weight excluding hydrogens is 306 g/mol. The van der Waals surface area contributed by atoms with Gasteiger partial charge in [0.05, 0.1) is 0 Å². The van der Waals surface area contributed by atoms with Gasteiger partial charge in [-0.05, 0) is 37.8 Å². The third kappa shape index (κ3) is 2.88. The minimum Gasteiger partial charge on any atom is -0.325 e. The fourth-order valence-corrected chi connectivity index (χ4v) is 3.62. The van der Waals surface area contributed by atoms with Gasteiger partial charge in [-0.3, -0.25) is 14.5 Å². The van der Waals surface area contributed by atoms with Crippen LogP contribution in [0.1, 0.15) is 38.2 Å². The van der Waals surface area contributed by atoms with E-state index in [-0.39, 0.29) is 24.3 Å². The number of urea groups is 1. The second-order valence-electron chi connectivity index (χ2n) is 6.85. The number of imide groups is 1. The number of hydrogen-bond donors (Lipinski definition) is 2. The highest BCUT2D eigenvalue weighted by Crippen LogP contribution is 2.38. The normalized spacial score (nSPS) is 26.6. The first-order chi connectivity index (χ1) is 11.4. The molecule has 1 aromatic carbocycles. The number of nitrogens with one attached hydrogen (secondary N) is 2. The largest absolute Gasteiger partial charge is 0.325 e. The summed E-state index contributed by atoms with van der Waals surface area (Å²) in [6.45, 7) is 3.70. The van der Waals surface area contributed by atoms with Crippen LogP contribution < -0.4 is 10.6 Å². The van der Waals surface area contributed by atoms with Crippen LogP contribution in [0.15, 0.2) is 24.3 Å². The van der Waals surface area contributed by atoms with Gasteiger partial charge in [-0.1, -0.05) is 37.5 Å². The maximum Gasteiger partial charge on any atom is 0.325 e. The van der Waals surface area contributed by atoms with Crippen molar-refractivity contribution in [1.82, 2.24) is 10.2 Å². The van der Waals surface area contributed by atoms with E-state index in [1.54, 1.807) is 12.1 Å². The highest BCUT2D eigenvalue weighted by Gasteiger charge is 2.55. The number of rotatable bonds is 3. The van der Waals surface area contributed by atoms with Crippen LogP contribution in [0.25, 0.3) is 0 Å². The predicted molar refractivity (Wildman–Crippen MR) is 90.4 cm³/mol. The molecule has 2 atom stereocenters. The molecule has 0 radical (unpaired) electrons. The van der Waals surface area contributed by atoms with Gasteiger partial charge in [0.1, 0.15) is 12.1 Å². The Kier molecular flexibility index (Phi) is 4.30. The number of nitrogens with zero attached hydrogens (tertiary/aromatic N) is 1. The predicted octanol–water partition coefficient (Wildman–Crippen LogP) is 2.43. The lowest BCUT2D eigenvalue weighted by Crippen LogP contribution is -2.54. The second-order valence-corrected chi connectivity index (χ2v) is 6.85. The Morgan fingerprint density at radius 1 is 1.29 bits per heavy atom. The summed E-state index contributed by atoms with van der Waals surface area (Å²) < 4.78 is 0. The molecule has 1 saturated carbocycles. The molecule has 1 aromatic rings. The zero-order valence-corrected chi connectivity index (χ0v) is 14.1. The second kappa shape index (κ2) is 6.26. The molecule has 1 heterocycles. The van der Waals surface area contributed by atoms with Crippen LogP contribution in [0.4, 0.5) is 10.5 Å². The van der Waals surface area contributed by atoms with E-state index in [1.165, 1.54) is 0 Å². The minimum absolute atomic E-state index is 0.0906. The average Bonchev–Trinajstić information content (AvgIpc) is 2.78. The first-order valence-corrected chi connectivity index (χ1v) is 8.43. The topological polar surface area (TPSA) is 78.5 Å². The Morgan fingerprint density at radius 2 is 2.00 bits per heavy atom.